The molecule has 0 aromatic heterocycles. The quantitative estimate of drug-likeness (QED) is 0.133. The van der Waals surface area contributed by atoms with Gasteiger partial charge in [0.05, 0.1) is 15.9 Å². The van der Waals surface area contributed by atoms with Crippen molar-refractivity contribution in [1.29, 1.82) is 0 Å². The first-order valence-corrected chi connectivity index (χ1v) is 15.5. The van der Waals surface area contributed by atoms with E-state index in [2.05, 4.69) is 5.32 Å². The number of thioether (sulfide) groups is 2. The fourth-order valence-corrected chi connectivity index (χ4v) is 4.71. The molecule has 12 nitrogen and oxygen atoms in total. The van der Waals surface area contributed by atoms with Crippen molar-refractivity contribution in [2.24, 2.45) is 0 Å². The highest BCUT2D eigenvalue weighted by molar-refractivity contribution is 8.15. The van der Waals surface area contributed by atoms with Crippen molar-refractivity contribution in [2.75, 3.05) is 19.3 Å². The number of rotatable bonds is 14. The van der Waals surface area contributed by atoms with Crippen molar-refractivity contribution in [3.8, 4) is 0 Å². The number of carbonyl (C=O) groups excluding carboxylic acids is 6. The number of esters is 3. The van der Waals surface area contributed by atoms with E-state index >= 15 is 0 Å². The highest BCUT2D eigenvalue weighted by Crippen LogP contribution is 2.27. The van der Waals surface area contributed by atoms with Crippen LogP contribution in [0.15, 0.2) is 91.0 Å². The van der Waals surface area contributed by atoms with Gasteiger partial charge in [-0.2, -0.15) is 0 Å². The lowest BCUT2D eigenvalue weighted by molar-refractivity contribution is -0.148. The maximum atomic E-state index is 13.2. The number of hydrogen-bond donors (Lipinski definition) is 1. The van der Waals surface area contributed by atoms with Gasteiger partial charge in [0.25, 0.3) is 0 Å². The lowest BCUT2D eigenvalue weighted by Crippen LogP contribution is -2.50. The number of benzene rings is 3. The molecule has 1 atom stereocenters. The maximum absolute atomic E-state index is 13.2. The summed E-state index contributed by atoms with van der Waals surface area (Å²) in [5, 5.41) is 0.718. The summed E-state index contributed by atoms with van der Waals surface area (Å²) in [4.78, 5) is 74.9. The second-order valence-corrected chi connectivity index (χ2v) is 12.2. The molecule has 3 rings (SSSR count). The van der Waals surface area contributed by atoms with Crippen LogP contribution in [0.25, 0.3) is 0 Å². The van der Waals surface area contributed by atoms with Crippen LogP contribution in [0.2, 0.25) is 0 Å². The van der Waals surface area contributed by atoms with Crippen LogP contribution in [0, 0.1) is 0 Å². The molecule has 0 aliphatic carbocycles. The Hall–Kier alpha value is -4.82. The molecule has 0 saturated carbocycles. The zero-order chi connectivity index (χ0) is 33.4. The molecule has 0 fully saturated rings. The van der Waals surface area contributed by atoms with Crippen LogP contribution in [0.5, 0.6) is 0 Å². The van der Waals surface area contributed by atoms with Crippen molar-refractivity contribution >= 4 is 57.9 Å². The van der Waals surface area contributed by atoms with Crippen LogP contribution >= 0.6 is 23.5 Å². The molecule has 0 heterocycles. The predicted molar refractivity (Wildman–Crippen MR) is 169 cm³/mol. The van der Waals surface area contributed by atoms with E-state index in [9.17, 15) is 28.8 Å². The Labute approximate surface area is 273 Å². The summed E-state index contributed by atoms with van der Waals surface area (Å²) in [5.74, 6) is -3.28. The number of amides is 1. The van der Waals surface area contributed by atoms with Gasteiger partial charge in [-0.1, -0.05) is 66.7 Å². The van der Waals surface area contributed by atoms with E-state index in [-0.39, 0.29) is 23.5 Å². The van der Waals surface area contributed by atoms with Crippen LogP contribution in [0.3, 0.4) is 0 Å². The van der Waals surface area contributed by atoms with Gasteiger partial charge < -0.3 is 29.0 Å². The largest absolute Gasteiger partial charge is 0.459 e. The van der Waals surface area contributed by atoms with Crippen LogP contribution in [0.4, 0.5) is 9.59 Å². The van der Waals surface area contributed by atoms with Crippen LogP contribution < -0.4 is 5.32 Å². The van der Waals surface area contributed by atoms with Gasteiger partial charge in [-0.3, -0.25) is 4.79 Å². The Morgan fingerprint density at radius 2 is 1.13 bits per heavy atom. The first-order chi connectivity index (χ1) is 22.0. The summed E-state index contributed by atoms with van der Waals surface area (Å²) in [6.45, 7) is 1.40. The number of ether oxygens (including phenoxy) is 5. The van der Waals surface area contributed by atoms with Crippen molar-refractivity contribution in [1.82, 2.24) is 5.32 Å². The van der Waals surface area contributed by atoms with Gasteiger partial charge in [0.15, 0.2) is 0 Å². The van der Waals surface area contributed by atoms with E-state index in [1.807, 2.05) is 0 Å². The van der Waals surface area contributed by atoms with Gasteiger partial charge in [0, 0.05) is 5.75 Å². The molecule has 3 aromatic rings. The van der Waals surface area contributed by atoms with Gasteiger partial charge >= 0.3 is 28.5 Å². The van der Waals surface area contributed by atoms with Crippen molar-refractivity contribution in [2.45, 2.75) is 31.2 Å². The van der Waals surface area contributed by atoms with E-state index < -0.39 is 58.8 Å². The third-order valence-corrected chi connectivity index (χ3v) is 7.65. The monoisotopic (exact) mass is 669 g/mol. The molecule has 0 saturated heterocycles. The lowest BCUT2D eigenvalue weighted by Gasteiger charge is -2.25. The smallest absolute Gasteiger partial charge is 0.371 e. The van der Waals surface area contributed by atoms with E-state index in [0.29, 0.717) is 29.1 Å². The highest BCUT2D eigenvalue weighted by Gasteiger charge is 2.36. The molecule has 14 heteroatoms. The summed E-state index contributed by atoms with van der Waals surface area (Å²) >= 11 is 1.04. The topological polar surface area (TPSA) is 161 Å². The summed E-state index contributed by atoms with van der Waals surface area (Å²) in [7, 11) is 0. The van der Waals surface area contributed by atoms with E-state index in [4.69, 9.17) is 23.7 Å². The minimum atomic E-state index is -1.46. The van der Waals surface area contributed by atoms with Gasteiger partial charge in [0.1, 0.15) is 12.6 Å². The normalized spacial score (nSPS) is 11.3. The highest BCUT2D eigenvalue weighted by atomic mass is 32.2. The average Bonchev–Trinajstić information content (AvgIpc) is 3.06. The Balaban J connectivity index is 1.52. The van der Waals surface area contributed by atoms with Crippen LogP contribution in [-0.4, -0.2) is 64.5 Å². The van der Waals surface area contributed by atoms with E-state index in [0.717, 1.165) is 0 Å². The van der Waals surface area contributed by atoms with Crippen LogP contribution in [-0.2, 0) is 39.9 Å². The second-order valence-electron chi connectivity index (χ2n) is 9.66. The predicted octanol–water partition coefficient (Wildman–Crippen LogP) is 5.36. The minimum absolute atomic E-state index is 0.0945. The molecular weight excluding hydrogens is 638 g/mol. The maximum Gasteiger partial charge on any atom is 0.371 e. The minimum Gasteiger partial charge on any atom is -0.459 e. The lowest BCUT2D eigenvalue weighted by atomic mass is 10.2. The molecule has 0 aliphatic rings. The summed E-state index contributed by atoms with van der Waals surface area (Å²) in [5.41, 5.74) is 1.23. The molecule has 0 spiro atoms. The molecule has 46 heavy (non-hydrogen) atoms. The average molecular weight is 670 g/mol. The standard InChI is InChI=1S/C32H31NO11S2/c1-32(2,46-31(39)44-21-42-27(35)24-16-10-5-11-17-24)29(37)33-25(28(36)40-18-22-12-6-3-7-13-22)19-45-30(38)43-20-41-26(34)23-14-8-4-9-15-23/h3-17,25H,18-21H2,1-2H3,(H,33,37)/t25-/m0/s1. The fraction of sp³-hybridized carbons (Fsp3) is 0.250. The van der Waals surface area contributed by atoms with E-state index in [1.54, 1.807) is 66.7 Å². The Bertz CT molecular complexity index is 1490. The first kappa shape index (κ1) is 35.7. The molecule has 0 aliphatic heterocycles. The van der Waals surface area contributed by atoms with Crippen molar-refractivity contribution in [3.63, 3.8) is 0 Å². The molecule has 1 amide bonds. The molecule has 3 aromatic carbocycles. The van der Waals surface area contributed by atoms with Gasteiger partial charge in [-0.15, -0.1) is 0 Å². The third-order valence-electron chi connectivity index (χ3n) is 5.82. The summed E-state index contributed by atoms with van der Waals surface area (Å²) in [6.07, 6.45) is 0. The molecule has 0 bridgehead atoms. The summed E-state index contributed by atoms with van der Waals surface area (Å²) < 4.78 is 23.6. The van der Waals surface area contributed by atoms with E-state index in [1.165, 1.54) is 38.1 Å². The number of carbonyl (C=O) groups is 6. The van der Waals surface area contributed by atoms with Gasteiger partial charge in [0.2, 0.25) is 19.5 Å². The third kappa shape index (κ3) is 12.3. The molecule has 0 radical (unpaired) electrons. The van der Waals surface area contributed by atoms with Crippen LogP contribution in [0.1, 0.15) is 40.1 Å². The molecule has 0 unspecified atom stereocenters. The zero-order valence-electron chi connectivity index (χ0n) is 24.9. The van der Waals surface area contributed by atoms with Gasteiger partial charge in [-0.25, -0.2) is 24.0 Å². The number of hydrogen-bond acceptors (Lipinski definition) is 13. The molecule has 1 N–H and O–H groups in total. The fourth-order valence-electron chi connectivity index (χ4n) is 3.38. The zero-order valence-corrected chi connectivity index (χ0v) is 26.5. The van der Waals surface area contributed by atoms with Gasteiger partial charge in [-0.05, 0) is 67.2 Å². The second kappa shape index (κ2) is 18.2. The van der Waals surface area contributed by atoms with Crippen molar-refractivity contribution < 1.29 is 52.5 Å². The first-order valence-electron chi connectivity index (χ1n) is 13.7. The molecule has 242 valence electrons. The SMILES string of the molecule is CC(C)(SC(=O)OCOC(=O)c1ccccc1)C(=O)N[C@@H](CSC(=O)OCOC(=O)c1ccccc1)C(=O)OCc1ccccc1. The Morgan fingerprint density at radius 1 is 0.652 bits per heavy atom. The molecular formula is C32H31NO11S2. The number of nitrogens with one attached hydrogen (secondary N) is 1. The summed E-state index contributed by atoms with van der Waals surface area (Å²) in [6, 6.07) is 23.7. The van der Waals surface area contributed by atoms with Crippen molar-refractivity contribution in [3.05, 3.63) is 108 Å². The Morgan fingerprint density at radius 3 is 1.65 bits per heavy atom. The Kier molecular flexibility index (Phi) is 14.1.